The highest BCUT2D eigenvalue weighted by Crippen LogP contribution is 2.36. The molecule has 0 spiro atoms. The van der Waals surface area contributed by atoms with Gasteiger partial charge in [0.1, 0.15) is 11.5 Å². The van der Waals surface area contributed by atoms with Gasteiger partial charge in [-0.05, 0) is 36.2 Å². The molecule has 19 heavy (non-hydrogen) atoms. The first kappa shape index (κ1) is 11.9. The average Bonchev–Trinajstić information content (AvgIpc) is 2.89. The molecule has 0 aromatic heterocycles. The average molecular weight is 256 g/mol. The molecule has 0 aliphatic carbocycles. The molecule has 2 aromatic carbocycles. The molecule has 0 fully saturated rings. The molecule has 0 saturated heterocycles. The number of rotatable bonds is 4. The molecular formula is C16H16O3. The molecule has 3 heteroatoms. The van der Waals surface area contributed by atoms with Crippen LogP contribution in [0.3, 0.4) is 0 Å². The Balaban J connectivity index is 1.74. The minimum absolute atomic E-state index is 0.282. The second-order valence-electron chi connectivity index (χ2n) is 4.51. The van der Waals surface area contributed by atoms with Gasteiger partial charge < -0.3 is 14.2 Å². The van der Waals surface area contributed by atoms with Crippen LogP contribution in [0.5, 0.6) is 23.0 Å². The van der Waals surface area contributed by atoms with Crippen LogP contribution in [0.15, 0.2) is 42.5 Å². The lowest BCUT2D eigenvalue weighted by molar-refractivity contribution is 0.174. The summed E-state index contributed by atoms with van der Waals surface area (Å²) >= 11 is 0. The topological polar surface area (TPSA) is 27.7 Å². The number of ether oxygens (including phenoxy) is 3. The van der Waals surface area contributed by atoms with E-state index in [9.17, 15) is 0 Å². The lowest BCUT2D eigenvalue weighted by Crippen LogP contribution is -1.92. The van der Waals surface area contributed by atoms with E-state index in [0.717, 1.165) is 35.8 Å². The molecule has 3 nitrogen and oxygen atoms in total. The van der Waals surface area contributed by atoms with E-state index in [0.29, 0.717) is 0 Å². The van der Waals surface area contributed by atoms with E-state index in [1.165, 1.54) is 5.56 Å². The Hall–Kier alpha value is -2.16. The zero-order chi connectivity index (χ0) is 13.1. The van der Waals surface area contributed by atoms with E-state index in [1.807, 2.05) is 30.3 Å². The van der Waals surface area contributed by atoms with Gasteiger partial charge in [-0.25, -0.2) is 0 Å². The van der Waals surface area contributed by atoms with E-state index < -0.39 is 0 Å². The van der Waals surface area contributed by atoms with Gasteiger partial charge in [0, 0.05) is 6.07 Å². The third-order valence-corrected chi connectivity index (χ3v) is 3.04. The summed E-state index contributed by atoms with van der Waals surface area (Å²) in [5.74, 6) is 3.09. The van der Waals surface area contributed by atoms with Gasteiger partial charge in [-0.2, -0.15) is 0 Å². The van der Waals surface area contributed by atoms with Crippen molar-refractivity contribution in [3.05, 3.63) is 48.0 Å². The highest BCUT2D eigenvalue weighted by molar-refractivity contribution is 5.48. The lowest BCUT2D eigenvalue weighted by Gasteiger charge is -2.07. The minimum Gasteiger partial charge on any atom is -0.457 e. The quantitative estimate of drug-likeness (QED) is 0.822. The van der Waals surface area contributed by atoms with Crippen molar-refractivity contribution in [2.24, 2.45) is 0 Å². The van der Waals surface area contributed by atoms with Crippen molar-refractivity contribution in [1.29, 1.82) is 0 Å². The summed E-state index contributed by atoms with van der Waals surface area (Å²) in [7, 11) is 0. The summed E-state index contributed by atoms with van der Waals surface area (Å²) in [4.78, 5) is 0. The third kappa shape index (κ3) is 2.65. The van der Waals surface area contributed by atoms with Gasteiger partial charge in [0.15, 0.2) is 11.5 Å². The van der Waals surface area contributed by atoms with Crippen molar-refractivity contribution in [2.45, 2.75) is 19.8 Å². The molecule has 1 aliphatic heterocycles. The predicted octanol–water partition coefficient (Wildman–Crippen LogP) is 4.16. The minimum atomic E-state index is 0.282. The summed E-state index contributed by atoms with van der Waals surface area (Å²) in [5, 5.41) is 0. The number of benzene rings is 2. The van der Waals surface area contributed by atoms with Crippen molar-refractivity contribution in [3.8, 4) is 23.0 Å². The van der Waals surface area contributed by atoms with Gasteiger partial charge in [0.25, 0.3) is 0 Å². The van der Waals surface area contributed by atoms with E-state index in [4.69, 9.17) is 14.2 Å². The summed E-state index contributed by atoms with van der Waals surface area (Å²) in [6.07, 6.45) is 2.26. The van der Waals surface area contributed by atoms with Gasteiger partial charge in [-0.1, -0.05) is 25.5 Å². The SMILES string of the molecule is CCCc1ccc(Oc2ccc3c(c2)OCO3)cc1. The van der Waals surface area contributed by atoms with Crippen LogP contribution in [0.25, 0.3) is 0 Å². The van der Waals surface area contributed by atoms with Crippen LogP contribution in [-0.2, 0) is 6.42 Å². The van der Waals surface area contributed by atoms with Gasteiger partial charge in [0.2, 0.25) is 6.79 Å². The Labute approximate surface area is 112 Å². The summed E-state index contributed by atoms with van der Waals surface area (Å²) in [6, 6.07) is 13.8. The molecule has 0 N–H and O–H groups in total. The number of fused-ring (bicyclic) bond motifs is 1. The Bertz CT molecular complexity index is 561. The molecular weight excluding hydrogens is 240 g/mol. The molecule has 0 bridgehead atoms. The first-order chi connectivity index (χ1) is 9.35. The van der Waals surface area contributed by atoms with Crippen LogP contribution < -0.4 is 14.2 Å². The zero-order valence-corrected chi connectivity index (χ0v) is 10.9. The Kier molecular flexibility index (Phi) is 3.27. The lowest BCUT2D eigenvalue weighted by atomic mass is 10.1. The molecule has 1 heterocycles. The van der Waals surface area contributed by atoms with Gasteiger partial charge in [-0.3, -0.25) is 0 Å². The summed E-state index contributed by atoms with van der Waals surface area (Å²) < 4.78 is 16.4. The van der Waals surface area contributed by atoms with Gasteiger partial charge in [-0.15, -0.1) is 0 Å². The maximum atomic E-state index is 5.80. The van der Waals surface area contributed by atoms with Crippen molar-refractivity contribution >= 4 is 0 Å². The van der Waals surface area contributed by atoms with E-state index >= 15 is 0 Å². The standard InChI is InChI=1S/C16H16O3/c1-2-3-12-4-6-13(7-5-12)19-14-8-9-15-16(10-14)18-11-17-15/h4-10H,2-3,11H2,1H3. The van der Waals surface area contributed by atoms with E-state index in [2.05, 4.69) is 19.1 Å². The number of aryl methyl sites for hydroxylation is 1. The Morgan fingerprint density at radius 1 is 0.947 bits per heavy atom. The van der Waals surface area contributed by atoms with Crippen molar-refractivity contribution in [3.63, 3.8) is 0 Å². The first-order valence-electron chi connectivity index (χ1n) is 6.51. The van der Waals surface area contributed by atoms with Crippen LogP contribution in [-0.4, -0.2) is 6.79 Å². The number of hydrogen-bond donors (Lipinski definition) is 0. The van der Waals surface area contributed by atoms with E-state index in [-0.39, 0.29) is 6.79 Å². The molecule has 1 aliphatic rings. The maximum Gasteiger partial charge on any atom is 0.231 e. The van der Waals surface area contributed by atoms with Crippen LogP contribution in [0.4, 0.5) is 0 Å². The fourth-order valence-electron chi connectivity index (χ4n) is 2.09. The second-order valence-corrected chi connectivity index (χ2v) is 4.51. The predicted molar refractivity (Wildman–Crippen MR) is 73.1 cm³/mol. The molecule has 0 atom stereocenters. The van der Waals surface area contributed by atoms with Crippen molar-refractivity contribution in [1.82, 2.24) is 0 Å². The molecule has 0 amide bonds. The Morgan fingerprint density at radius 2 is 1.68 bits per heavy atom. The smallest absolute Gasteiger partial charge is 0.231 e. The van der Waals surface area contributed by atoms with Gasteiger partial charge >= 0.3 is 0 Å². The highest BCUT2D eigenvalue weighted by atomic mass is 16.7. The second kappa shape index (κ2) is 5.22. The number of hydrogen-bond acceptors (Lipinski definition) is 3. The van der Waals surface area contributed by atoms with Crippen LogP contribution in [0.1, 0.15) is 18.9 Å². The van der Waals surface area contributed by atoms with Crippen LogP contribution in [0.2, 0.25) is 0 Å². The zero-order valence-electron chi connectivity index (χ0n) is 10.9. The van der Waals surface area contributed by atoms with E-state index in [1.54, 1.807) is 0 Å². The fourth-order valence-corrected chi connectivity index (χ4v) is 2.09. The Morgan fingerprint density at radius 3 is 2.47 bits per heavy atom. The molecule has 0 saturated carbocycles. The normalized spacial score (nSPS) is 12.5. The molecule has 0 unspecified atom stereocenters. The third-order valence-electron chi connectivity index (χ3n) is 3.04. The van der Waals surface area contributed by atoms with Crippen molar-refractivity contribution < 1.29 is 14.2 Å². The molecule has 0 radical (unpaired) electrons. The maximum absolute atomic E-state index is 5.80. The monoisotopic (exact) mass is 256 g/mol. The molecule has 98 valence electrons. The fraction of sp³-hybridized carbons (Fsp3) is 0.250. The van der Waals surface area contributed by atoms with Crippen molar-refractivity contribution in [2.75, 3.05) is 6.79 Å². The van der Waals surface area contributed by atoms with Crippen LogP contribution >= 0.6 is 0 Å². The van der Waals surface area contributed by atoms with Crippen LogP contribution in [0, 0.1) is 0 Å². The summed E-state index contributed by atoms with van der Waals surface area (Å²) in [5.41, 5.74) is 1.33. The summed E-state index contributed by atoms with van der Waals surface area (Å²) in [6.45, 7) is 2.46. The molecule has 2 aromatic rings. The largest absolute Gasteiger partial charge is 0.457 e. The van der Waals surface area contributed by atoms with Gasteiger partial charge in [0.05, 0.1) is 0 Å². The first-order valence-corrected chi connectivity index (χ1v) is 6.51. The highest BCUT2D eigenvalue weighted by Gasteiger charge is 2.13. The molecule has 3 rings (SSSR count).